The average molecular weight is 286 g/mol. The Balaban J connectivity index is 1.99. The van der Waals surface area contributed by atoms with E-state index in [1.165, 1.54) is 30.2 Å². The molecule has 0 spiro atoms. The summed E-state index contributed by atoms with van der Waals surface area (Å²) >= 11 is 1.47. The van der Waals surface area contributed by atoms with E-state index in [4.69, 9.17) is 4.74 Å². The van der Waals surface area contributed by atoms with Crippen LogP contribution in [0.4, 0.5) is 4.39 Å². The first-order valence-corrected chi connectivity index (χ1v) is 6.80. The van der Waals surface area contributed by atoms with E-state index in [0.29, 0.717) is 5.39 Å². The molecular weight excluding hydrogens is 275 g/mol. The largest absolute Gasteiger partial charge is 0.497 e. The van der Waals surface area contributed by atoms with Crippen LogP contribution in [0.5, 0.6) is 5.75 Å². The predicted octanol–water partition coefficient (Wildman–Crippen LogP) is 3.93. The van der Waals surface area contributed by atoms with Gasteiger partial charge in [0.1, 0.15) is 22.9 Å². The van der Waals surface area contributed by atoms with Crippen LogP contribution in [0, 0.1) is 5.82 Å². The molecule has 0 saturated carbocycles. The zero-order chi connectivity index (χ0) is 13.9. The highest BCUT2D eigenvalue weighted by molar-refractivity contribution is 7.99. The van der Waals surface area contributed by atoms with Crippen LogP contribution >= 0.6 is 11.8 Å². The molecule has 0 aliphatic rings. The number of rotatable bonds is 3. The number of aromatic nitrogens is 2. The Morgan fingerprint density at radius 3 is 2.60 bits per heavy atom. The van der Waals surface area contributed by atoms with E-state index in [9.17, 15) is 4.39 Å². The summed E-state index contributed by atoms with van der Waals surface area (Å²) in [4.78, 5) is 9.39. The van der Waals surface area contributed by atoms with Crippen LogP contribution in [0.25, 0.3) is 10.9 Å². The second-order valence-corrected chi connectivity index (χ2v) is 5.18. The molecule has 0 saturated heterocycles. The lowest BCUT2D eigenvalue weighted by atomic mass is 10.2. The summed E-state index contributed by atoms with van der Waals surface area (Å²) in [5.74, 6) is 0.511. The monoisotopic (exact) mass is 286 g/mol. The highest BCUT2D eigenvalue weighted by atomic mass is 32.2. The van der Waals surface area contributed by atoms with Gasteiger partial charge in [-0.05, 0) is 42.5 Å². The number of benzene rings is 2. The van der Waals surface area contributed by atoms with E-state index in [2.05, 4.69) is 9.97 Å². The van der Waals surface area contributed by atoms with Gasteiger partial charge in [-0.2, -0.15) is 0 Å². The van der Waals surface area contributed by atoms with Crippen molar-refractivity contribution in [2.75, 3.05) is 7.11 Å². The quantitative estimate of drug-likeness (QED) is 0.683. The highest BCUT2D eigenvalue weighted by Crippen LogP contribution is 2.32. The molecular formula is C15H11FN2OS. The first-order valence-electron chi connectivity index (χ1n) is 5.98. The summed E-state index contributed by atoms with van der Waals surface area (Å²) in [6.45, 7) is 0. The van der Waals surface area contributed by atoms with Crippen LogP contribution in [0.3, 0.4) is 0 Å². The predicted molar refractivity (Wildman–Crippen MR) is 76.6 cm³/mol. The van der Waals surface area contributed by atoms with Crippen molar-refractivity contribution in [2.24, 2.45) is 0 Å². The standard InChI is InChI=1S/C15H11FN2OS/c1-19-11-3-5-12(6-4-11)20-15-13-8-10(16)2-7-14(13)17-9-18-15/h2-9H,1H3. The van der Waals surface area contributed by atoms with Crippen molar-refractivity contribution in [3.05, 3.63) is 54.6 Å². The zero-order valence-electron chi connectivity index (χ0n) is 10.7. The Kier molecular flexibility index (Phi) is 3.52. The molecule has 1 heterocycles. The van der Waals surface area contributed by atoms with Crippen LogP contribution in [-0.2, 0) is 0 Å². The van der Waals surface area contributed by atoms with Crippen LogP contribution in [0.1, 0.15) is 0 Å². The van der Waals surface area contributed by atoms with Crippen LogP contribution in [0.2, 0.25) is 0 Å². The van der Waals surface area contributed by atoms with Crippen LogP contribution < -0.4 is 4.74 Å². The minimum Gasteiger partial charge on any atom is -0.497 e. The van der Waals surface area contributed by atoms with Crippen molar-refractivity contribution in [1.29, 1.82) is 0 Å². The maximum absolute atomic E-state index is 13.4. The SMILES string of the molecule is COc1ccc(Sc2ncnc3ccc(F)cc23)cc1. The van der Waals surface area contributed by atoms with E-state index in [0.717, 1.165) is 21.2 Å². The molecule has 5 heteroatoms. The van der Waals surface area contributed by atoms with Crippen LogP contribution in [-0.4, -0.2) is 17.1 Å². The lowest BCUT2D eigenvalue weighted by Crippen LogP contribution is -1.88. The highest BCUT2D eigenvalue weighted by Gasteiger charge is 2.07. The molecule has 0 unspecified atom stereocenters. The van der Waals surface area contributed by atoms with E-state index in [1.807, 2.05) is 24.3 Å². The summed E-state index contributed by atoms with van der Waals surface area (Å²) in [5.41, 5.74) is 0.734. The van der Waals surface area contributed by atoms with E-state index < -0.39 is 0 Å². The smallest absolute Gasteiger partial charge is 0.124 e. The molecule has 3 rings (SSSR count). The van der Waals surface area contributed by atoms with E-state index in [1.54, 1.807) is 13.2 Å². The van der Waals surface area contributed by atoms with Crippen molar-refractivity contribution in [2.45, 2.75) is 9.92 Å². The van der Waals surface area contributed by atoms with Gasteiger partial charge in [0.2, 0.25) is 0 Å². The molecule has 0 bridgehead atoms. The van der Waals surface area contributed by atoms with Crippen LogP contribution in [0.15, 0.2) is 58.7 Å². The first kappa shape index (κ1) is 12.9. The van der Waals surface area contributed by atoms with Gasteiger partial charge in [-0.1, -0.05) is 11.8 Å². The number of hydrogen-bond acceptors (Lipinski definition) is 4. The molecule has 0 atom stereocenters. The number of halogens is 1. The molecule has 3 aromatic rings. The lowest BCUT2D eigenvalue weighted by molar-refractivity contribution is 0.414. The summed E-state index contributed by atoms with van der Waals surface area (Å²) in [6, 6.07) is 12.2. The Labute approximate surface area is 119 Å². The van der Waals surface area contributed by atoms with Crippen molar-refractivity contribution in [1.82, 2.24) is 9.97 Å². The normalized spacial score (nSPS) is 10.7. The molecule has 0 radical (unpaired) electrons. The van der Waals surface area contributed by atoms with Gasteiger partial charge in [0.25, 0.3) is 0 Å². The second kappa shape index (κ2) is 5.46. The first-order chi connectivity index (χ1) is 9.76. The van der Waals surface area contributed by atoms with Gasteiger partial charge >= 0.3 is 0 Å². The summed E-state index contributed by atoms with van der Waals surface area (Å²) in [5, 5.41) is 1.45. The van der Waals surface area contributed by atoms with E-state index >= 15 is 0 Å². The Bertz CT molecular complexity index is 746. The molecule has 0 aliphatic carbocycles. The van der Waals surface area contributed by atoms with Crippen molar-refractivity contribution >= 4 is 22.7 Å². The molecule has 0 amide bonds. The van der Waals surface area contributed by atoms with Gasteiger partial charge in [-0.3, -0.25) is 0 Å². The number of hydrogen-bond donors (Lipinski definition) is 0. The fourth-order valence-corrected chi connectivity index (χ4v) is 2.71. The number of ether oxygens (including phenoxy) is 1. The van der Waals surface area contributed by atoms with Gasteiger partial charge < -0.3 is 4.74 Å². The van der Waals surface area contributed by atoms with Gasteiger partial charge in [0.05, 0.1) is 12.6 Å². The minimum absolute atomic E-state index is 0.288. The maximum atomic E-state index is 13.4. The minimum atomic E-state index is -0.288. The molecule has 1 aromatic heterocycles. The molecule has 3 nitrogen and oxygen atoms in total. The lowest BCUT2D eigenvalue weighted by Gasteiger charge is -2.05. The maximum Gasteiger partial charge on any atom is 0.124 e. The van der Waals surface area contributed by atoms with E-state index in [-0.39, 0.29) is 5.82 Å². The Morgan fingerprint density at radius 2 is 1.85 bits per heavy atom. The molecule has 2 aromatic carbocycles. The van der Waals surface area contributed by atoms with Gasteiger partial charge in [-0.15, -0.1) is 0 Å². The molecule has 0 aliphatic heterocycles. The summed E-state index contributed by atoms with van der Waals surface area (Å²) < 4.78 is 18.5. The van der Waals surface area contributed by atoms with Gasteiger partial charge in [0.15, 0.2) is 0 Å². The number of fused-ring (bicyclic) bond motifs is 1. The molecule has 20 heavy (non-hydrogen) atoms. The molecule has 100 valence electrons. The summed E-state index contributed by atoms with van der Waals surface area (Å²) in [6.07, 6.45) is 1.49. The number of nitrogens with zero attached hydrogens (tertiary/aromatic N) is 2. The van der Waals surface area contributed by atoms with Gasteiger partial charge in [-0.25, -0.2) is 14.4 Å². The third kappa shape index (κ3) is 2.58. The average Bonchev–Trinajstić information content (AvgIpc) is 2.49. The summed E-state index contributed by atoms with van der Waals surface area (Å²) in [7, 11) is 1.63. The topological polar surface area (TPSA) is 35.0 Å². The zero-order valence-corrected chi connectivity index (χ0v) is 11.5. The van der Waals surface area contributed by atoms with Crippen molar-refractivity contribution in [3.63, 3.8) is 0 Å². The molecule has 0 N–H and O–H groups in total. The molecule has 0 fully saturated rings. The fraction of sp³-hybridized carbons (Fsp3) is 0.0667. The second-order valence-electron chi connectivity index (χ2n) is 4.12. The van der Waals surface area contributed by atoms with Crippen molar-refractivity contribution < 1.29 is 9.13 Å². The number of methoxy groups -OCH3 is 1. The Morgan fingerprint density at radius 1 is 1.05 bits per heavy atom. The van der Waals surface area contributed by atoms with Gasteiger partial charge in [0, 0.05) is 10.3 Å². The fourth-order valence-electron chi connectivity index (χ4n) is 1.84. The third-order valence-corrected chi connectivity index (χ3v) is 3.86. The van der Waals surface area contributed by atoms with Crippen molar-refractivity contribution in [3.8, 4) is 5.75 Å². The Hall–Kier alpha value is -2.14. The third-order valence-electron chi connectivity index (χ3n) is 2.83.